The highest BCUT2D eigenvalue weighted by atomic mass is 32.2. The third kappa shape index (κ3) is 5.59. The third-order valence-electron chi connectivity index (χ3n) is 3.85. The zero-order valence-electron chi connectivity index (χ0n) is 12.8. The zero-order valence-corrected chi connectivity index (χ0v) is 13.7. The summed E-state index contributed by atoms with van der Waals surface area (Å²) in [6.07, 6.45) is 1.08. The lowest BCUT2D eigenvalue weighted by Gasteiger charge is -2.25. The summed E-state index contributed by atoms with van der Waals surface area (Å²) in [5.41, 5.74) is 1.29. The monoisotopic (exact) mass is 307 g/mol. The minimum Gasteiger partial charge on any atom is -0.337 e. The summed E-state index contributed by atoms with van der Waals surface area (Å²) in [4.78, 5) is 14.1. The minimum atomic E-state index is -0.0394. The van der Waals surface area contributed by atoms with Gasteiger partial charge in [0.1, 0.15) is 0 Å². The van der Waals surface area contributed by atoms with Crippen LogP contribution in [0.3, 0.4) is 0 Å². The first-order valence-electron chi connectivity index (χ1n) is 7.51. The van der Waals surface area contributed by atoms with E-state index in [1.165, 1.54) is 5.56 Å². The number of hydrogen-bond donors (Lipinski definition) is 2. The molecule has 116 valence electrons. The number of likely N-dealkylation sites (N-methyl/N-ethyl adjacent to an activating group) is 1. The molecule has 2 amide bonds. The first kappa shape index (κ1) is 16.2. The van der Waals surface area contributed by atoms with Gasteiger partial charge in [0.15, 0.2) is 0 Å². The van der Waals surface area contributed by atoms with Crippen LogP contribution in [0.5, 0.6) is 0 Å². The van der Waals surface area contributed by atoms with Crippen molar-refractivity contribution >= 4 is 17.8 Å². The van der Waals surface area contributed by atoms with Crippen molar-refractivity contribution in [1.82, 2.24) is 15.5 Å². The molecule has 0 unspecified atom stereocenters. The molecule has 0 saturated carbocycles. The summed E-state index contributed by atoms with van der Waals surface area (Å²) in [5.74, 6) is 2.19. The Labute approximate surface area is 131 Å². The standard InChI is InChI=1S/C16H25N3OS/c1-13(19(2)11-14-6-4-3-5-7-14)10-17-16(20)18-15-8-9-21-12-15/h3-7,13,15H,8-12H2,1-2H3,(H2,17,18,20)/t13-,15-/m0/s1. The van der Waals surface area contributed by atoms with E-state index in [-0.39, 0.29) is 6.03 Å². The number of carbonyl (C=O) groups is 1. The third-order valence-corrected chi connectivity index (χ3v) is 5.01. The molecule has 1 fully saturated rings. The number of hydrogen-bond acceptors (Lipinski definition) is 3. The van der Waals surface area contributed by atoms with Crippen molar-refractivity contribution in [3.05, 3.63) is 35.9 Å². The maximum Gasteiger partial charge on any atom is 0.315 e. The highest BCUT2D eigenvalue weighted by Gasteiger charge is 2.18. The molecule has 0 spiro atoms. The molecule has 0 bridgehead atoms. The van der Waals surface area contributed by atoms with E-state index >= 15 is 0 Å². The van der Waals surface area contributed by atoms with Crippen LogP contribution in [0.1, 0.15) is 18.9 Å². The van der Waals surface area contributed by atoms with Crippen molar-refractivity contribution in [2.45, 2.75) is 32.0 Å². The van der Waals surface area contributed by atoms with Crippen molar-refractivity contribution in [2.75, 3.05) is 25.1 Å². The first-order chi connectivity index (χ1) is 10.1. The lowest BCUT2D eigenvalue weighted by atomic mass is 10.2. The number of amides is 2. The number of urea groups is 1. The molecule has 2 rings (SSSR count). The van der Waals surface area contributed by atoms with E-state index in [1.54, 1.807) is 0 Å². The van der Waals surface area contributed by atoms with E-state index in [9.17, 15) is 4.79 Å². The van der Waals surface area contributed by atoms with Gasteiger partial charge >= 0.3 is 6.03 Å². The van der Waals surface area contributed by atoms with Crippen LogP contribution in [0.15, 0.2) is 30.3 Å². The van der Waals surface area contributed by atoms with E-state index in [0.29, 0.717) is 18.6 Å². The van der Waals surface area contributed by atoms with Gasteiger partial charge in [-0.05, 0) is 31.7 Å². The molecular weight excluding hydrogens is 282 g/mol. The van der Waals surface area contributed by atoms with Crippen molar-refractivity contribution in [1.29, 1.82) is 0 Å². The Kier molecular flexibility index (Phi) is 6.39. The molecule has 1 aromatic carbocycles. The van der Waals surface area contributed by atoms with E-state index in [4.69, 9.17) is 0 Å². The molecule has 2 N–H and O–H groups in total. The van der Waals surface area contributed by atoms with Crippen LogP contribution in [0.4, 0.5) is 4.79 Å². The second-order valence-electron chi connectivity index (χ2n) is 5.66. The molecular formula is C16H25N3OS. The van der Waals surface area contributed by atoms with Gasteiger partial charge in [0.2, 0.25) is 0 Å². The van der Waals surface area contributed by atoms with Gasteiger partial charge in [-0.2, -0.15) is 11.8 Å². The van der Waals surface area contributed by atoms with Crippen LogP contribution in [0.25, 0.3) is 0 Å². The van der Waals surface area contributed by atoms with E-state index in [1.807, 2.05) is 17.8 Å². The molecule has 21 heavy (non-hydrogen) atoms. The normalized spacial score (nSPS) is 19.5. The van der Waals surface area contributed by atoms with Crippen LogP contribution in [0, 0.1) is 0 Å². The fraction of sp³-hybridized carbons (Fsp3) is 0.562. The SMILES string of the molecule is C[C@@H](CNC(=O)N[C@H]1CCSC1)N(C)Cc1ccccc1. The summed E-state index contributed by atoms with van der Waals surface area (Å²) in [6.45, 7) is 3.69. The summed E-state index contributed by atoms with van der Waals surface area (Å²) in [6, 6.07) is 11.0. The van der Waals surface area contributed by atoms with E-state index in [0.717, 1.165) is 24.5 Å². The molecule has 1 aromatic rings. The van der Waals surface area contributed by atoms with Gasteiger partial charge in [0.25, 0.3) is 0 Å². The Bertz CT molecular complexity index is 434. The minimum absolute atomic E-state index is 0.0394. The van der Waals surface area contributed by atoms with Gasteiger partial charge in [-0.15, -0.1) is 0 Å². The number of carbonyl (C=O) groups excluding carboxylic acids is 1. The van der Waals surface area contributed by atoms with Gasteiger partial charge in [0.05, 0.1) is 0 Å². The average Bonchev–Trinajstić information content (AvgIpc) is 2.98. The predicted octanol–water partition coefficient (Wildman–Crippen LogP) is 2.31. The Morgan fingerprint density at radius 2 is 2.19 bits per heavy atom. The molecule has 0 aliphatic carbocycles. The number of nitrogens with one attached hydrogen (secondary N) is 2. The van der Waals surface area contributed by atoms with Crippen LogP contribution < -0.4 is 10.6 Å². The fourth-order valence-electron chi connectivity index (χ4n) is 2.31. The van der Waals surface area contributed by atoms with Gasteiger partial charge in [-0.1, -0.05) is 30.3 Å². The van der Waals surface area contributed by atoms with Crippen molar-refractivity contribution in [3.8, 4) is 0 Å². The van der Waals surface area contributed by atoms with Gasteiger partial charge in [-0.25, -0.2) is 4.79 Å². The maximum absolute atomic E-state index is 11.8. The molecule has 5 heteroatoms. The number of rotatable bonds is 6. The summed E-state index contributed by atoms with van der Waals surface area (Å²) >= 11 is 1.90. The quantitative estimate of drug-likeness (QED) is 0.848. The van der Waals surface area contributed by atoms with E-state index < -0.39 is 0 Å². The smallest absolute Gasteiger partial charge is 0.315 e. The average molecular weight is 307 g/mol. The highest BCUT2D eigenvalue weighted by Crippen LogP contribution is 2.16. The van der Waals surface area contributed by atoms with Crippen LogP contribution in [-0.4, -0.2) is 48.1 Å². The van der Waals surface area contributed by atoms with Crippen LogP contribution in [-0.2, 0) is 6.54 Å². The molecule has 1 aliphatic heterocycles. The van der Waals surface area contributed by atoms with Crippen LogP contribution >= 0.6 is 11.8 Å². The number of thioether (sulfide) groups is 1. The lowest BCUT2D eigenvalue weighted by Crippen LogP contribution is -2.46. The Hall–Kier alpha value is -1.20. The Balaban J connectivity index is 1.68. The predicted molar refractivity (Wildman–Crippen MR) is 89.6 cm³/mol. The maximum atomic E-state index is 11.8. The molecule has 0 radical (unpaired) electrons. The Morgan fingerprint density at radius 3 is 2.86 bits per heavy atom. The van der Waals surface area contributed by atoms with Crippen molar-refractivity contribution in [2.24, 2.45) is 0 Å². The molecule has 1 heterocycles. The molecule has 1 aliphatic rings. The van der Waals surface area contributed by atoms with Gasteiger partial charge in [-0.3, -0.25) is 4.90 Å². The Morgan fingerprint density at radius 1 is 1.43 bits per heavy atom. The summed E-state index contributed by atoms with van der Waals surface area (Å²) in [5, 5.41) is 6.01. The summed E-state index contributed by atoms with van der Waals surface area (Å²) in [7, 11) is 2.09. The highest BCUT2D eigenvalue weighted by molar-refractivity contribution is 7.99. The molecule has 2 atom stereocenters. The second-order valence-corrected chi connectivity index (χ2v) is 6.81. The van der Waals surface area contributed by atoms with Gasteiger partial charge in [0, 0.05) is 30.9 Å². The summed E-state index contributed by atoms with van der Waals surface area (Å²) < 4.78 is 0. The largest absolute Gasteiger partial charge is 0.337 e. The molecule has 0 aromatic heterocycles. The first-order valence-corrected chi connectivity index (χ1v) is 8.67. The zero-order chi connectivity index (χ0) is 15.1. The molecule has 1 saturated heterocycles. The second kappa shape index (κ2) is 8.29. The number of benzene rings is 1. The topological polar surface area (TPSA) is 44.4 Å². The lowest BCUT2D eigenvalue weighted by molar-refractivity contribution is 0.221. The fourth-order valence-corrected chi connectivity index (χ4v) is 3.46. The van der Waals surface area contributed by atoms with E-state index in [2.05, 4.69) is 53.8 Å². The number of nitrogens with zero attached hydrogens (tertiary/aromatic N) is 1. The van der Waals surface area contributed by atoms with Gasteiger partial charge < -0.3 is 10.6 Å². The van der Waals surface area contributed by atoms with Crippen molar-refractivity contribution < 1.29 is 4.79 Å². The molecule has 4 nitrogen and oxygen atoms in total. The van der Waals surface area contributed by atoms with Crippen molar-refractivity contribution in [3.63, 3.8) is 0 Å². The van der Waals surface area contributed by atoms with Crippen LogP contribution in [0.2, 0.25) is 0 Å².